The number of hydrogen-bond acceptors (Lipinski definition) is 6. The monoisotopic (exact) mass is 462 g/mol. The number of furan rings is 1. The zero-order chi connectivity index (χ0) is 21.4. The average molecular weight is 463 g/mol. The number of rotatable bonds is 5. The zero-order valence-corrected chi connectivity index (χ0v) is 17.3. The van der Waals surface area contributed by atoms with Crippen molar-refractivity contribution in [2.75, 3.05) is 5.32 Å². The Morgan fingerprint density at radius 2 is 2.00 bits per heavy atom. The SMILES string of the molecule is O=C(Nc1ccc(-c2ccc(CO)o2)c(Cl)c1)c1sc2c([N+](=O)[O-])cccc2c1Cl. The van der Waals surface area contributed by atoms with E-state index in [-0.39, 0.29) is 22.2 Å². The van der Waals surface area contributed by atoms with Gasteiger partial charge in [0.25, 0.3) is 11.6 Å². The van der Waals surface area contributed by atoms with Crippen molar-refractivity contribution in [2.24, 2.45) is 0 Å². The Kier molecular flexibility index (Phi) is 5.48. The molecule has 7 nitrogen and oxygen atoms in total. The van der Waals surface area contributed by atoms with Gasteiger partial charge in [-0.25, -0.2) is 0 Å². The number of carbonyl (C=O) groups excluding carboxylic acids is 1. The highest BCUT2D eigenvalue weighted by Gasteiger charge is 2.23. The highest BCUT2D eigenvalue weighted by atomic mass is 35.5. The van der Waals surface area contributed by atoms with Crippen molar-refractivity contribution in [3.63, 3.8) is 0 Å². The smallest absolute Gasteiger partial charge is 0.287 e. The fourth-order valence-electron chi connectivity index (χ4n) is 2.95. The molecular weight excluding hydrogens is 451 g/mol. The minimum atomic E-state index is -0.508. The third-order valence-corrected chi connectivity index (χ3v) is 6.39. The van der Waals surface area contributed by atoms with Gasteiger partial charge in [0.2, 0.25) is 0 Å². The fraction of sp³-hybridized carbons (Fsp3) is 0.0500. The molecule has 0 aliphatic rings. The summed E-state index contributed by atoms with van der Waals surface area (Å²) in [6.45, 7) is -0.222. The molecule has 0 saturated heterocycles. The molecule has 4 rings (SSSR count). The highest BCUT2D eigenvalue weighted by molar-refractivity contribution is 7.22. The quantitative estimate of drug-likeness (QED) is 0.274. The van der Waals surface area contributed by atoms with Crippen molar-refractivity contribution in [1.29, 1.82) is 0 Å². The number of nitro benzene ring substituents is 1. The van der Waals surface area contributed by atoms with E-state index < -0.39 is 10.8 Å². The second-order valence-corrected chi connectivity index (χ2v) is 8.03. The standard InChI is InChI=1S/C20H12Cl2N2O5S/c21-14-8-10(4-6-12(14)16-7-5-11(9-25)29-16)23-20(26)19-17(22)13-2-1-3-15(24(27)28)18(13)30-19/h1-8,25H,9H2,(H,23,26). The maximum atomic E-state index is 12.7. The predicted molar refractivity (Wildman–Crippen MR) is 117 cm³/mol. The molecule has 4 aromatic rings. The van der Waals surface area contributed by atoms with Crippen LogP contribution in [0.5, 0.6) is 0 Å². The van der Waals surface area contributed by atoms with Crippen molar-refractivity contribution < 1.29 is 19.2 Å². The summed E-state index contributed by atoms with van der Waals surface area (Å²) in [4.78, 5) is 23.6. The number of non-ortho nitro benzene ring substituents is 1. The zero-order valence-electron chi connectivity index (χ0n) is 15.0. The first-order valence-corrected chi connectivity index (χ1v) is 10.1. The number of nitrogens with zero attached hydrogens (tertiary/aromatic N) is 1. The number of anilines is 1. The largest absolute Gasteiger partial charge is 0.459 e. The van der Waals surface area contributed by atoms with Gasteiger partial charge in [-0.1, -0.05) is 35.3 Å². The number of aliphatic hydroxyl groups excluding tert-OH is 1. The summed E-state index contributed by atoms with van der Waals surface area (Å²) in [6, 6.07) is 12.7. The molecule has 30 heavy (non-hydrogen) atoms. The maximum Gasteiger partial charge on any atom is 0.287 e. The first kappa shape index (κ1) is 20.4. The van der Waals surface area contributed by atoms with Crippen molar-refractivity contribution >= 4 is 61.9 Å². The number of aliphatic hydroxyl groups is 1. The summed E-state index contributed by atoms with van der Waals surface area (Å²) in [5, 5.41) is 24.0. The lowest BCUT2D eigenvalue weighted by molar-refractivity contribution is -0.382. The van der Waals surface area contributed by atoms with Crippen LogP contribution in [-0.2, 0) is 6.61 Å². The van der Waals surface area contributed by atoms with Crippen LogP contribution in [-0.4, -0.2) is 15.9 Å². The molecule has 2 aromatic carbocycles. The van der Waals surface area contributed by atoms with Crippen molar-refractivity contribution in [1.82, 2.24) is 0 Å². The number of thiophene rings is 1. The van der Waals surface area contributed by atoms with E-state index in [1.54, 1.807) is 36.4 Å². The van der Waals surface area contributed by atoms with Gasteiger partial charge in [0, 0.05) is 22.7 Å². The van der Waals surface area contributed by atoms with Crippen molar-refractivity contribution in [3.05, 3.63) is 79.3 Å². The number of benzene rings is 2. The third kappa shape index (κ3) is 3.66. The van der Waals surface area contributed by atoms with Crippen LogP contribution in [0.4, 0.5) is 11.4 Å². The maximum absolute atomic E-state index is 12.7. The second kappa shape index (κ2) is 8.08. The molecule has 0 bridgehead atoms. The van der Waals surface area contributed by atoms with Gasteiger partial charge in [-0.3, -0.25) is 14.9 Å². The lowest BCUT2D eigenvalue weighted by atomic mass is 10.1. The Hall–Kier alpha value is -2.91. The summed E-state index contributed by atoms with van der Waals surface area (Å²) in [7, 11) is 0. The molecule has 152 valence electrons. The van der Waals surface area contributed by atoms with Gasteiger partial charge >= 0.3 is 0 Å². The second-order valence-electron chi connectivity index (χ2n) is 6.23. The van der Waals surface area contributed by atoms with Crippen molar-refractivity contribution in [2.45, 2.75) is 6.61 Å². The van der Waals surface area contributed by atoms with Crippen LogP contribution in [0.15, 0.2) is 52.9 Å². The molecule has 0 radical (unpaired) electrons. The van der Waals surface area contributed by atoms with Gasteiger partial charge in [-0.2, -0.15) is 0 Å². The third-order valence-electron chi connectivity index (χ3n) is 4.35. The minimum absolute atomic E-state index is 0.105. The van der Waals surface area contributed by atoms with Crippen LogP contribution >= 0.6 is 34.5 Å². The Bertz CT molecular complexity index is 1300. The highest BCUT2D eigenvalue weighted by Crippen LogP contribution is 2.40. The van der Waals surface area contributed by atoms with E-state index >= 15 is 0 Å². The predicted octanol–water partition coefficient (Wildman–Crippen LogP) is 6.12. The van der Waals surface area contributed by atoms with E-state index in [0.29, 0.717) is 37.9 Å². The van der Waals surface area contributed by atoms with Crippen LogP contribution in [0.2, 0.25) is 10.0 Å². The van der Waals surface area contributed by atoms with Gasteiger partial charge in [-0.15, -0.1) is 11.3 Å². The molecule has 2 heterocycles. The number of nitrogens with one attached hydrogen (secondary N) is 1. The van der Waals surface area contributed by atoms with Crippen LogP contribution in [0.3, 0.4) is 0 Å². The Balaban J connectivity index is 1.63. The van der Waals surface area contributed by atoms with E-state index in [2.05, 4.69) is 5.32 Å². The fourth-order valence-corrected chi connectivity index (χ4v) is 4.72. The van der Waals surface area contributed by atoms with E-state index in [1.165, 1.54) is 12.1 Å². The van der Waals surface area contributed by atoms with Gasteiger partial charge < -0.3 is 14.8 Å². The van der Waals surface area contributed by atoms with Crippen LogP contribution in [0.1, 0.15) is 15.4 Å². The minimum Gasteiger partial charge on any atom is -0.459 e. The number of amides is 1. The lowest BCUT2D eigenvalue weighted by Gasteiger charge is -2.07. The van der Waals surface area contributed by atoms with Crippen LogP contribution < -0.4 is 5.32 Å². The molecule has 0 fully saturated rings. The first-order valence-electron chi connectivity index (χ1n) is 8.55. The molecule has 1 amide bonds. The first-order chi connectivity index (χ1) is 14.4. The van der Waals surface area contributed by atoms with E-state index in [9.17, 15) is 14.9 Å². The topological polar surface area (TPSA) is 106 Å². The lowest BCUT2D eigenvalue weighted by Crippen LogP contribution is -2.10. The van der Waals surface area contributed by atoms with Gasteiger partial charge in [0.1, 0.15) is 27.7 Å². The summed E-state index contributed by atoms with van der Waals surface area (Å²) in [5.74, 6) is 0.397. The summed E-state index contributed by atoms with van der Waals surface area (Å²) < 4.78 is 5.81. The number of nitro groups is 1. The van der Waals surface area contributed by atoms with Crippen LogP contribution in [0.25, 0.3) is 21.4 Å². The molecule has 10 heteroatoms. The van der Waals surface area contributed by atoms with Crippen molar-refractivity contribution in [3.8, 4) is 11.3 Å². The summed E-state index contributed by atoms with van der Waals surface area (Å²) >= 11 is 13.6. The number of halogens is 2. The van der Waals surface area contributed by atoms with E-state index in [0.717, 1.165) is 11.3 Å². The van der Waals surface area contributed by atoms with E-state index in [4.69, 9.17) is 32.7 Å². The number of fused-ring (bicyclic) bond motifs is 1. The average Bonchev–Trinajstić information content (AvgIpc) is 3.32. The number of hydrogen-bond donors (Lipinski definition) is 2. The molecular formula is C20H12Cl2N2O5S. The molecule has 0 aliphatic carbocycles. The van der Waals surface area contributed by atoms with Crippen LogP contribution in [0, 0.1) is 10.1 Å². The molecule has 0 aliphatic heterocycles. The van der Waals surface area contributed by atoms with Gasteiger partial charge in [0.15, 0.2) is 0 Å². The van der Waals surface area contributed by atoms with E-state index in [1.807, 2.05) is 0 Å². The molecule has 0 spiro atoms. The molecule has 2 aromatic heterocycles. The molecule has 0 unspecified atom stereocenters. The summed E-state index contributed by atoms with van der Waals surface area (Å²) in [5.41, 5.74) is 0.919. The summed E-state index contributed by atoms with van der Waals surface area (Å²) in [6.07, 6.45) is 0. The Morgan fingerprint density at radius 3 is 2.67 bits per heavy atom. The molecule has 0 saturated carbocycles. The molecule has 0 atom stereocenters. The normalized spacial score (nSPS) is 11.0. The Labute approximate surface area is 183 Å². The Morgan fingerprint density at radius 1 is 1.20 bits per heavy atom. The number of carbonyl (C=O) groups is 1. The molecule has 2 N–H and O–H groups in total. The van der Waals surface area contributed by atoms with Gasteiger partial charge in [-0.05, 0) is 30.3 Å². The van der Waals surface area contributed by atoms with Gasteiger partial charge in [0.05, 0.1) is 15.0 Å².